The van der Waals surface area contributed by atoms with Gasteiger partial charge >= 0.3 is 5.69 Å². The van der Waals surface area contributed by atoms with Gasteiger partial charge in [-0.05, 0) is 131 Å². The van der Waals surface area contributed by atoms with Gasteiger partial charge in [-0.15, -0.1) is 0 Å². The molecule has 3 aliphatic heterocycles. The molecule has 18 heteroatoms. The zero-order chi connectivity index (χ0) is 46.2. The Morgan fingerprint density at radius 1 is 0.818 bits per heavy atom. The summed E-state index contributed by atoms with van der Waals surface area (Å²) in [6.07, 6.45) is 6.70. The second-order valence-corrected chi connectivity index (χ2v) is 22.0. The molecule has 66 heavy (non-hydrogen) atoms. The minimum atomic E-state index is -4.67. The van der Waals surface area contributed by atoms with Gasteiger partial charge in [0, 0.05) is 49.5 Å². The van der Waals surface area contributed by atoms with E-state index in [9.17, 15) is 13.2 Å². The van der Waals surface area contributed by atoms with Crippen LogP contribution in [-0.2, 0) is 38.3 Å². The Balaban J connectivity index is 1.09. The van der Waals surface area contributed by atoms with Crippen molar-refractivity contribution in [2.24, 2.45) is 7.05 Å². The molecule has 0 spiro atoms. The van der Waals surface area contributed by atoms with Crippen LogP contribution in [0.3, 0.4) is 0 Å². The van der Waals surface area contributed by atoms with Gasteiger partial charge in [0.25, 0.3) is 20.0 Å². The Morgan fingerprint density at radius 3 is 2.29 bits per heavy atom. The molecule has 0 amide bonds. The maximum Gasteiger partial charge on any atom is 0.338 e. The lowest BCUT2D eigenvalue weighted by Gasteiger charge is -2.35. The van der Waals surface area contributed by atoms with Crippen LogP contribution in [0.15, 0.2) is 112 Å². The highest BCUT2D eigenvalue weighted by atomic mass is 32.2. The minimum Gasteiger partial charge on any atom is -0.376 e. The summed E-state index contributed by atoms with van der Waals surface area (Å²) in [6, 6.07) is 19.5. The maximum absolute atomic E-state index is 16.2. The molecule has 11 rings (SSSR count). The summed E-state index contributed by atoms with van der Waals surface area (Å²) >= 11 is 0. The van der Waals surface area contributed by atoms with Crippen LogP contribution in [0.2, 0.25) is 0 Å². The van der Waals surface area contributed by atoms with Crippen LogP contribution in [0, 0.1) is 25.5 Å². The molecular weight excluding hydrogens is 887 g/mol. The van der Waals surface area contributed by atoms with Gasteiger partial charge in [-0.3, -0.25) is 13.8 Å². The van der Waals surface area contributed by atoms with Crippen molar-refractivity contribution in [2.75, 3.05) is 6.61 Å². The third kappa shape index (κ3) is 6.39. The molecule has 3 atom stereocenters. The number of fused-ring (bicyclic) bond motifs is 6. The van der Waals surface area contributed by atoms with Crippen LogP contribution in [-0.4, -0.2) is 72.1 Å². The first-order valence-corrected chi connectivity index (χ1v) is 24.8. The van der Waals surface area contributed by atoms with E-state index in [-0.39, 0.29) is 45.2 Å². The predicted octanol–water partition coefficient (Wildman–Crippen LogP) is 7.91. The van der Waals surface area contributed by atoms with Crippen LogP contribution < -0.4 is 5.69 Å². The van der Waals surface area contributed by atoms with Crippen LogP contribution in [0.5, 0.6) is 0 Å². The smallest absolute Gasteiger partial charge is 0.338 e. The first-order valence-electron chi connectivity index (χ1n) is 21.9. The monoisotopic (exact) mass is 932 g/mol. The predicted molar refractivity (Wildman–Crippen MR) is 244 cm³/mol. The highest BCUT2D eigenvalue weighted by Gasteiger charge is 2.51. The average molecular weight is 933 g/mol. The van der Waals surface area contributed by atoms with E-state index in [0.29, 0.717) is 58.4 Å². The number of aryl methyl sites for hydroxylation is 3. The fourth-order valence-electron chi connectivity index (χ4n) is 10.6. The summed E-state index contributed by atoms with van der Waals surface area (Å²) in [7, 11) is -7.46. The number of halogens is 2. The van der Waals surface area contributed by atoms with E-state index in [1.54, 1.807) is 63.4 Å². The SMILES string of the molecule is Cc1cc(-n2nc3c(c2-n2ccn(-c4ccc5c(cnn5C)c4F)c2=O)[C@@H]2CC[C@H](C3)N2S(=O)(=O)c2cc3cc([C@H]4CCOC(C)(C)C4)ccc3n2S(=O)(=O)c2ccccc2)cc(C)c1F. The fourth-order valence-corrected chi connectivity index (χ4v) is 14.5. The van der Waals surface area contributed by atoms with Crippen LogP contribution in [0.25, 0.3) is 39.0 Å². The molecule has 7 heterocycles. The van der Waals surface area contributed by atoms with Crippen LogP contribution in [0.1, 0.15) is 79.4 Å². The number of benzene rings is 4. The lowest BCUT2D eigenvalue weighted by Crippen LogP contribution is -2.43. The molecular formula is C48H46F2N8O6S2. The van der Waals surface area contributed by atoms with E-state index < -0.39 is 54.5 Å². The summed E-state index contributed by atoms with van der Waals surface area (Å²) in [6.45, 7) is 7.89. The fraction of sp³-hybridized carbons (Fsp3) is 0.312. The maximum atomic E-state index is 16.2. The van der Waals surface area contributed by atoms with Crippen LogP contribution >= 0.6 is 0 Å². The quantitative estimate of drug-likeness (QED) is 0.149. The van der Waals surface area contributed by atoms with Crippen molar-refractivity contribution in [2.45, 2.75) is 93.3 Å². The van der Waals surface area contributed by atoms with Crippen molar-refractivity contribution in [3.05, 3.63) is 148 Å². The zero-order valence-electron chi connectivity index (χ0n) is 36.8. The highest BCUT2D eigenvalue weighted by Crippen LogP contribution is 2.50. The molecule has 0 saturated carbocycles. The molecule has 0 radical (unpaired) electrons. The summed E-state index contributed by atoms with van der Waals surface area (Å²) in [5.41, 5.74) is 2.75. The Bertz CT molecular complexity index is 3590. The number of aromatic nitrogens is 7. The number of nitrogens with zero attached hydrogens (tertiary/aromatic N) is 8. The van der Waals surface area contributed by atoms with Gasteiger partial charge in [-0.2, -0.15) is 14.5 Å². The summed E-state index contributed by atoms with van der Waals surface area (Å²) in [5.74, 6) is -0.738. The van der Waals surface area contributed by atoms with Gasteiger partial charge < -0.3 is 4.74 Å². The Morgan fingerprint density at radius 2 is 1.55 bits per heavy atom. The van der Waals surface area contributed by atoms with Gasteiger partial charge in [0.15, 0.2) is 10.8 Å². The van der Waals surface area contributed by atoms with Crippen molar-refractivity contribution in [3.8, 4) is 17.2 Å². The number of imidazole rings is 1. The first kappa shape index (κ1) is 42.4. The topological polar surface area (TPSA) is 148 Å². The zero-order valence-corrected chi connectivity index (χ0v) is 38.4. The third-order valence-corrected chi connectivity index (χ3v) is 17.5. The lowest BCUT2D eigenvalue weighted by molar-refractivity contribution is -0.0592. The summed E-state index contributed by atoms with van der Waals surface area (Å²) in [4.78, 5) is 14.6. The number of hydrogen-bond acceptors (Lipinski definition) is 8. The molecule has 2 saturated heterocycles. The van der Waals surface area contributed by atoms with Crippen LogP contribution in [0.4, 0.5) is 8.78 Å². The summed E-state index contributed by atoms with van der Waals surface area (Å²) < 4.78 is 106. The molecule has 3 aliphatic rings. The van der Waals surface area contributed by atoms with Gasteiger partial charge in [-0.25, -0.2) is 39.1 Å². The van der Waals surface area contributed by atoms with E-state index >= 15 is 17.2 Å². The van der Waals surface area contributed by atoms with Crippen molar-refractivity contribution in [1.29, 1.82) is 0 Å². The number of hydrogen-bond donors (Lipinski definition) is 0. The largest absolute Gasteiger partial charge is 0.376 e. The molecule has 0 N–H and O–H groups in total. The van der Waals surface area contributed by atoms with E-state index in [4.69, 9.17) is 9.84 Å². The minimum absolute atomic E-state index is 0.0195. The number of ether oxygens (including phenoxy) is 1. The third-order valence-electron chi connectivity index (χ3n) is 13.7. The molecule has 8 aromatic rings. The average Bonchev–Trinajstić information content (AvgIpc) is 4.12. The molecule has 2 fully saturated rings. The van der Waals surface area contributed by atoms with Gasteiger partial charge in [0.1, 0.15) is 11.6 Å². The molecule has 4 aromatic carbocycles. The molecule has 2 bridgehead atoms. The van der Waals surface area contributed by atoms with Gasteiger partial charge in [0.05, 0.1) is 56.2 Å². The van der Waals surface area contributed by atoms with Crippen molar-refractivity contribution in [1.82, 2.24) is 37.0 Å². The van der Waals surface area contributed by atoms with E-state index in [0.717, 1.165) is 22.4 Å². The number of rotatable bonds is 8. The van der Waals surface area contributed by atoms with E-state index in [2.05, 4.69) is 5.10 Å². The van der Waals surface area contributed by atoms with Crippen molar-refractivity contribution < 1.29 is 30.4 Å². The lowest BCUT2D eigenvalue weighted by atomic mass is 9.83. The Labute approximate surface area is 379 Å². The molecule has 340 valence electrons. The molecule has 14 nitrogen and oxygen atoms in total. The number of sulfonamides is 1. The van der Waals surface area contributed by atoms with Crippen molar-refractivity contribution >= 4 is 41.9 Å². The van der Waals surface area contributed by atoms with Crippen molar-refractivity contribution in [3.63, 3.8) is 0 Å². The second kappa shape index (κ2) is 14.9. The second-order valence-electron chi connectivity index (χ2n) is 18.4. The summed E-state index contributed by atoms with van der Waals surface area (Å²) in [5, 5.41) is 9.47. The molecule has 4 aromatic heterocycles. The molecule has 0 aliphatic carbocycles. The Kier molecular flexibility index (Phi) is 9.58. The van der Waals surface area contributed by atoms with Gasteiger partial charge in [0.2, 0.25) is 0 Å². The standard InChI is InChI=1S/C48H46F2N8O6S2/c1-28-21-34(22-29(2)44(28)49)56-46(55-19-18-54(47(55)59)41-16-15-39-36(45(41)50)27-51-53(39)5)43-37(52-56)25-33-12-14-40(43)57(33)66(62,63)42-24-32-23-30(31-17-20-64-48(3,4)26-31)11-13-38(32)58(42)65(60,61)35-9-7-6-8-10-35/h6-11,13,15-16,18-19,21-24,27,31,33,40H,12,14,17,20,25-26H2,1-5H3/t31-,33+,40-/m0/s1. The highest BCUT2D eigenvalue weighted by molar-refractivity contribution is 7.92. The van der Waals surface area contributed by atoms with Gasteiger partial charge in [-0.1, -0.05) is 24.3 Å². The first-order chi connectivity index (χ1) is 31.4. The Hall–Kier alpha value is -6.21. The normalized spacial score (nSPS) is 19.8. The van der Waals surface area contributed by atoms with E-state index in [1.165, 1.54) is 65.7 Å². The van der Waals surface area contributed by atoms with E-state index in [1.807, 2.05) is 26.0 Å². The molecule has 0 unspecified atom stereocenters.